The van der Waals surface area contributed by atoms with Crippen molar-refractivity contribution in [2.75, 3.05) is 13.1 Å². The van der Waals surface area contributed by atoms with Crippen LogP contribution in [0, 0.1) is 11.8 Å². The SMILES string of the molecule is C[C@H]1C[C@H](C)CN(S(=O)(=O)c2ccc(C(C)(C)C)cc2)C1. The van der Waals surface area contributed by atoms with Crippen LogP contribution in [0.25, 0.3) is 0 Å². The Labute approximate surface area is 129 Å². The van der Waals surface area contributed by atoms with E-state index in [0.717, 1.165) is 12.0 Å². The fraction of sp³-hybridized carbons (Fsp3) is 0.647. The maximum absolute atomic E-state index is 12.8. The summed E-state index contributed by atoms with van der Waals surface area (Å²) in [6.45, 7) is 11.9. The summed E-state index contributed by atoms with van der Waals surface area (Å²) in [5.74, 6) is 0.856. The van der Waals surface area contributed by atoms with E-state index in [1.807, 2.05) is 12.1 Å². The standard InChI is InChI=1S/C17H27NO2S/c1-13-10-14(2)12-18(11-13)21(19,20)16-8-6-15(7-9-16)17(3,4)5/h6-9,13-14H,10-12H2,1-5H3/t13-,14-/m0/s1. The minimum absolute atomic E-state index is 0.0381. The van der Waals surface area contributed by atoms with Gasteiger partial charge in [-0.2, -0.15) is 4.31 Å². The zero-order valence-electron chi connectivity index (χ0n) is 13.8. The van der Waals surface area contributed by atoms with Crippen molar-refractivity contribution in [3.8, 4) is 0 Å². The van der Waals surface area contributed by atoms with Crippen molar-refractivity contribution in [1.82, 2.24) is 4.31 Å². The van der Waals surface area contributed by atoms with Crippen LogP contribution in [0.1, 0.15) is 46.6 Å². The summed E-state index contributed by atoms with van der Waals surface area (Å²) in [6.07, 6.45) is 1.11. The molecule has 0 aromatic heterocycles. The molecule has 0 saturated carbocycles. The normalized spacial score (nSPS) is 25.0. The molecule has 0 bridgehead atoms. The van der Waals surface area contributed by atoms with E-state index in [0.29, 0.717) is 29.8 Å². The second-order valence-electron chi connectivity index (χ2n) is 7.54. The zero-order chi connectivity index (χ0) is 15.8. The average molecular weight is 309 g/mol. The summed E-state index contributed by atoms with van der Waals surface area (Å²) in [7, 11) is -3.36. The highest BCUT2D eigenvalue weighted by molar-refractivity contribution is 7.89. The first-order valence-corrected chi connectivity index (χ1v) is 9.15. The molecule has 1 aromatic rings. The van der Waals surface area contributed by atoms with Gasteiger partial charge in [-0.05, 0) is 41.4 Å². The number of benzene rings is 1. The lowest BCUT2D eigenvalue weighted by atomic mass is 9.87. The van der Waals surface area contributed by atoms with Crippen molar-refractivity contribution >= 4 is 10.0 Å². The van der Waals surface area contributed by atoms with E-state index < -0.39 is 10.0 Å². The first-order chi connectivity index (χ1) is 9.60. The van der Waals surface area contributed by atoms with Crippen molar-refractivity contribution in [2.24, 2.45) is 11.8 Å². The molecule has 0 radical (unpaired) electrons. The molecule has 0 aliphatic carbocycles. The molecular formula is C17H27NO2S. The van der Waals surface area contributed by atoms with Gasteiger partial charge in [0.15, 0.2) is 0 Å². The Balaban J connectivity index is 2.27. The Kier molecular flexibility index (Phi) is 4.50. The van der Waals surface area contributed by atoms with E-state index in [2.05, 4.69) is 34.6 Å². The van der Waals surface area contributed by atoms with E-state index >= 15 is 0 Å². The molecule has 2 rings (SSSR count). The summed E-state index contributed by atoms with van der Waals surface area (Å²) in [5.41, 5.74) is 1.19. The Bertz CT molecular complexity index is 574. The highest BCUT2D eigenvalue weighted by atomic mass is 32.2. The van der Waals surface area contributed by atoms with E-state index in [-0.39, 0.29) is 5.41 Å². The molecule has 0 N–H and O–H groups in total. The minimum atomic E-state index is -3.36. The largest absolute Gasteiger partial charge is 0.243 e. The molecule has 1 fully saturated rings. The fourth-order valence-electron chi connectivity index (χ4n) is 3.08. The third-order valence-electron chi connectivity index (χ3n) is 4.19. The van der Waals surface area contributed by atoms with Crippen LogP contribution in [-0.4, -0.2) is 25.8 Å². The Morgan fingerprint density at radius 1 is 1.00 bits per heavy atom. The third kappa shape index (κ3) is 3.67. The predicted molar refractivity (Wildman–Crippen MR) is 86.8 cm³/mol. The van der Waals surface area contributed by atoms with Gasteiger partial charge in [0, 0.05) is 13.1 Å². The smallest absolute Gasteiger partial charge is 0.207 e. The van der Waals surface area contributed by atoms with Crippen molar-refractivity contribution in [1.29, 1.82) is 0 Å². The molecule has 1 aromatic carbocycles. The summed E-state index contributed by atoms with van der Waals surface area (Å²) in [4.78, 5) is 0.414. The van der Waals surface area contributed by atoms with E-state index in [9.17, 15) is 8.42 Å². The lowest BCUT2D eigenvalue weighted by Crippen LogP contribution is -2.42. The van der Waals surface area contributed by atoms with Crippen molar-refractivity contribution in [3.05, 3.63) is 29.8 Å². The van der Waals surface area contributed by atoms with E-state index in [1.165, 1.54) is 0 Å². The van der Waals surface area contributed by atoms with Gasteiger partial charge in [0.1, 0.15) is 0 Å². The van der Waals surface area contributed by atoms with Crippen LogP contribution in [0.5, 0.6) is 0 Å². The van der Waals surface area contributed by atoms with Gasteiger partial charge in [-0.3, -0.25) is 0 Å². The predicted octanol–water partition coefficient (Wildman–Crippen LogP) is 3.65. The van der Waals surface area contributed by atoms with Gasteiger partial charge >= 0.3 is 0 Å². The Hall–Kier alpha value is -0.870. The van der Waals surface area contributed by atoms with Gasteiger partial charge in [0.2, 0.25) is 10.0 Å². The summed E-state index contributed by atoms with van der Waals surface area (Å²) < 4.78 is 27.2. The topological polar surface area (TPSA) is 37.4 Å². The molecule has 0 spiro atoms. The Morgan fingerprint density at radius 3 is 1.90 bits per heavy atom. The first-order valence-electron chi connectivity index (χ1n) is 7.71. The molecule has 118 valence electrons. The van der Waals surface area contributed by atoms with Gasteiger partial charge in [0.25, 0.3) is 0 Å². The molecule has 4 heteroatoms. The van der Waals surface area contributed by atoms with E-state index in [4.69, 9.17) is 0 Å². The molecule has 3 nitrogen and oxygen atoms in total. The molecule has 0 amide bonds. The van der Waals surface area contributed by atoms with Crippen molar-refractivity contribution in [2.45, 2.75) is 51.3 Å². The maximum atomic E-state index is 12.8. The molecule has 1 saturated heterocycles. The maximum Gasteiger partial charge on any atom is 0.243 e. The van der Waals surface area contributed by atoms with Crippen LogP contribution in [0.3, 0.4) is 0 Å². The monoisotopic (exact) mass is 309 g/mol. The van der Waals surface area contributed by atoms with E-state index in [1.54, 1.807) is 16.4 Å². The first kappa shape index (κ1) is 16.5. The van der Waals surface area contributed by atoms with Crippen LogP contribution >= 0.6 is 0 Å². The lowest BCUT2D eigenvalue weighted by molar-refractivity contribution is 0.222. The quantitative estimate of drug-likeness (QED) is 0.836. The Morgan fingerprint density at radius 2 is 1.48 bits per heavy atom. The van der Waals surface area contributed by atoms with Crippen LogP contribution in [0.15, 0.2) is 29.2 Å². The number of sulfonamides is 1. The number of hydrogen-bond acceptors (Lipinski definition) is 2. The van der Waals surface area contributed by atoms with Crippen LogP contribution in [0.2, 0.25) is 0 Å². The summed E-state index contributed by atoms with van der Waals surface area (Å²) in [6, 6.07) is 7.37. The molecule has 2 atom stereocenters. The third-order valence-corrected chi connectivity index (χ3v) is 6.04. The number of rotatable bonds is 2. The molecule has 1 aliphatic heterocycles. The van der Waals surface area contributed by atoms with Crippen molar-refractivity contribution in [3.63, 3.8) is 0 Å². The van der Waals surface area contributed by atoms with Gasteiger partial charge < -0.3 is 0 Å². The van der Waals surface area contributed by atoms with Gasteiger partial charge in [-0.1, -0.05) is 46.8 Å². The second kappa shape index (κ2) is 5.73. The van der Waals surface area contributed by atoms with Crippen LogP contribution in [-0.2, 0) is 15.4 Å². The van der Waals surface area contributed by atoms with Gasteiger partial charge in [0.05, 0.1) is 4.90 Å². The summed E-state index contributed by atoms with van der Waals surface area (Å²) in [5, 5.41) is 0. The molecule has 1 heterocycles. The molecular weight excluding hydrogens is 282 g/mol. The van der Waals surface area contributed by atoms with Gasteiger partial charge in [-0.15, -0.1) is 0 Å². The lowest BCUT2D eigenvalue weighted by Gasteiger charge is -2.34. The van der Waals surface area contributed by atoms with Crippen LogP contribution < -0.4 is 0 Å². The second-order valence-corrected chi connectivity index (χ2v) is 9.48. The zero-order valence-corrected chi connectivity index (χ0v) is 14.6. The van der Waals surface area contributed by atoms with Crippen molar-refractivity contribution < 1.29 is 8.42 Å². The number of nitrogens with zero attached hydrogens (tertiary/aromatic N) is 1. The number of piperidine rings is 1. The van der Waals surface area contributed by atoms with Gasteiger partial charge in [-0.25, -0.2) is 8.42 Å². The molecule has 1 aliphatic rings. The number of hydrogen-bond donors (Lipinski definition) is 0. The summed E-state index contributed by atoms with van der Waals surface area (Å²) >= 11 is 0. The fourth-order valence-corrected chi connectivity index (χ4v) is 4.76. The average Bonchev–Trinajstić information content (AvgIpc) is 2.36. The molecule has 21 heavy (non-hydrogen) atoms. The highest BCUT2D eigenvalue weighted by Crippen LogP contribution is 2.28. The highest BCUT2D eigenvalue weighted by Gasteiger charge is 2.31. The molecule has 0 unspecified atom stereocenters. The van der Waals surface area contributed by atoms with Crippen LogP contribution in [0.4, 0.5) is 0 Å². The minimum Gasteiger partial charge on any atom is -0.207 e.